The van der Waals surface area contributed by atoms with E-state index in [1.807, 2.05) is 0 Å². The number of benzene rings is 10. The van der Waals surface area contributed by atoms with Crippen LogP contribution in [0.4, 0.5) is 0 Å². The molecule has 0 atom stereocenters. The van der Waals surface area contributed by atoms with Crippen molar-refractivity contribution in [2.45, 2.75) is 0 Å². The molecule has 0 aliphatic carbocycles. The molecule has 276 valence electrons. The lowest BCUT2D eigenvalue weighted by Crippen LogP contribution is -2.04. The summed E-state index contributed by atoms with van der Waals surface area (Å²) in [7, 11) is 0. The molecule has 0 saturated carbocycles. The summed E-state index contributed by atoms with van der Waals surface area (Å²) in [5.74, 6) is 0.814. The molecule has 10 aromatic carbocycles. The molecule has 0 fully saturated rings. The molecule has 0 spiro atoms. The Labute approximate surface area is 343 Å². The molecule has 60 heavy (non-hydrogen) atoms. The minimum absolute atomic E-state index is 0.814. The zero-order chi connectivity index (χ0) is 39.1. The maximum absolute atomic E-state index is 5.72. The van der Waals surface area contributed by atoms with Crippen molar-refractivity contribution in [3.05, 3.63) is 194 Å². The molecule has 3 aromatic heterocycles. The lowest BCUT2D eigenvalue weighted by Gasteiger charge is -2.16. The molecule has 1 aliphatic rings. The molecule has 0 saturated heterocycles. The van der Waals surface area contributed by atoms with Crippen LogP contribution >= 0.6 is 0 Å². The van der Waals surface area contributed by atoms with Gasteiger partial charge in [0, 0.05) is 43.6 Å². The van der Waals surface area contributed by atoms with Gasteiger partial charge in [-0.3, -0.25) is 4.57 Å². The molecular formula is C56H32N4. The van der Waals surface area contributed by atoms with Gasteiger partial charge in [-0.1, -0.05) is 158 Å². The lowest BCUT2D eigenvalue weighted by molar-refractivity contribution is 1.08. The first-order valence-corrected chi connectivity index (χ1v) is 20.6. The molecule has 0 N–H and O–H groups in total. The summed E-state index contributed by atoms with van der Waals surface area (Å²) >= 11 is 0. The molecule has 4 heterocycles. The van der Waals surface area contributed by atoms with Crippen LogP contribution < -0.4 is 0 Å². The van der Waals surface area contributed by atoms with E-state index in [4.69, 9.17) is 9.97 Å². The first-order valence-electron chi connectivity index (χ1n) is 20.6. The third kappa shape index (κ3) is 4.24. The highest BCUT2D eigenvalue weighted by molar-refractivity contribution is 6.22. The molecule has 0 unspecified atom stereocenters. The summed E-state index contributed by atoms with van der Waals surface area (Å²) in [5, 5.41) is 11.9. The van der Waals surface area contributed by atoms with Crippen LogP contribution in [-0.4, -0.2) is 19.1 Å². The maximum Gasteiger partial charge on any atom is 0.165 e. The van der Waals surface area contributed by atoms with Crippen LogP contribution in [0.1, 0.15) is 0 Å². The Bertz CT molecular complexity index is 4020. The number of para-hydroxylation sites is 3. The number of rotatable bonds is 2. The highest BCUT2D eigenvalue weighted by Gasteiger charge is 2.27. The highest BCUT2D eigenvalue weighted by atomic mass is 15.1. The number of hydrogen-bond donors (Lipinski definition) is 0. The van der Waals surface area contributed by atoms with Gasteiger partial charge in [-0.25, -0.2) is 9.97 Å². The Balaban J connectivity index is 1.14. The van der Waals surface area contributed by atoms with Crippen LogP contribution in [0.3, 0.4) is 0 Å². The van der Waals surface area contributed by atoms with Crippen LogP contribution in [0.25, 0.3) is 132 Å². The predicted molar refractivity (Wildman–Crippen MR) is 251 cm³/mol. The van der Waals surface area contributed by atoms with Gasteiger partial charge < -0.3 is 4.57 Å². The summed E-state index contributed by atoms with van der Waals surface area (Å²) in [6, 6.07) is 70.7. The van der Waals surface area contributed by atoms with Crippen molar-refractivity contribution >= 4 is 87.0 Å². The number of nitrogens with zero attached hydrogens (tertiary/aromatic N) is 4. The number of aromatic nitrogens is 4. The van der Waals surface area contributed by atoms with E-state index in [0.717, 1.165) is 49.9 Å². The van der Waals surface area contributed by atoms with Crippen LogP contribution in [-0.2, 0) is 0 Å². The molecule has 4 heteroatoms. The fourth-order valence-corrected chi connectivity index (χ4v) is 10.4. The first-order chi connectivity index (χ1) is 29.8. The second kappa shape index (κ2) is 11.8. The monoisotopic (exact) mass is 760 g/mol. The lowest BCUT2D eigenvalue weighted by atomic mass is 9.94. The van der Waals surface area contributed by atoms with Crippen molar-refractivity contribution in [1.82, 2.24) is 19.1 Å². The van der Waals surface area contributed by atoms with E-state index in [0.29, 0.717) is 0 Å². The summed E-state index contributed by atoms with van der Waals surface area (Å²) < 4.78 is 4.89. The minimum atomic E-state index is 0.814. The van der Waals surface area contributed by atoms with Crippen LogP contribution in [0.2, 0.25) is 0 Å². The predicted octanol–water partition coefficient (Wildman–Crippen LogP) is 14.6. The van der Waals surface area contributed by atoms with Crippen molar-refractivity contribution in [2.24, 2.45) is 0 Å². The molecule has 0 amide bonds. The zero-order valence-electron chi connectivity index (χ0n) is 32.3. The van der Waals surface area contributed by atoms with Gasteiger partial charge in [-0.2, -0.15) is 0 Å². The smallest absolute Gasteiger partial charge is 0.165 e. The Kier molecular flexibility index (Phi) is 6.26. The Morgan fingerprint density at radius 1 is 0.333 bits per heavy atom. The summed E-state index contributed by atoms with van der Waals surface area (Å²) in [4.78, 5) is 11.3. The van der Waals surface area contributed by atoms with Gasteiger partial charge in [0.05, 0.1) is 38.8 Å². The van der Waals surface area contributed by atoms with E-state index in [-0.39, 0.29) is 0 Å². The molecule has 14 rings (SSSR count). The Hall–Kier alpha value is -8.08. The second-order valence-electron chi connectivity index (χ2n) is 16.1. The standard InChI is InChI=1S/C56H32N4/c1-3-14-37-33(12-1)24-25-35-26-27-36(30-45(35)37)53-56(58-54-38-15-4-2-13-34(38)28-29-48(54)57-53)60-50-23-10-8-19-42(50)46-31-51-47(32-52(46)60)44-21-11-20-43-40-17-6-5-16-39(40)41-18-7-9-22-49(41)59(51)55(43)44/h1-32H. The van der Waals surface area contributed by atoms with Gasteiger partial charge in [0.15, 0.2) is 5.82 Å². The van der Waals surface area contributed by atoms with Crippen LogP contribution in [0.5, 0.6) is 0 Å². The van der Waals surface area contributed by atoms with Crippen LogP contribution in [0, 0.1) is 0 Å². The quantitative estimate of drug-likeness (QED) is 0.165. The maximum atomic E-state index is 5.72. The van der Waals surface area contributed by atoms with Crippen molar-refractivity contribution in [3.63, 3.8) is 0 Å². The first kappa shape index (κ1) is 31.9. The normalized spacial score (nSPS) is 12.3. The number of hydrogen-bond acceptors (Lipinski definition) is 2. The van der Waals surface area contributed by atoms with Crippen molar-refractivity contribution in [2.75, 3.05) is 0 Å². The third-order valence-electron chi connectivity index (χ3n) is 13.0. The highest BCUT2D eigenvalue weighted by Crippen LogP contribution is 2.48. The van der Waals surface area contributed by atoms with Crippen molar-refractivity contribution in [3.8, 4) is 45.0 Å². The van der Waals surface area contributed by atoms with E-state index < -0.39 is 0 Å². The van der Waals surface area contributed by atoms with Gasteiger partial charge in [0.2, 0.25) is 0 Å². The van der Waals surface area contributed by atoms with E-state index in [9.17, 15) is 0 Å². The van der Waals surface area contributed by atoms with E-state index >= 15 is 0 Å². The fourth-order valence-electron chi connectivity index (χ4n) is 10.4. The molecule has 0 radical (unpaired) electrons. The van der Waals surface area contributed by atoms with E-state index in [2.05, 4.69) is 203 Å². The van der Waals surface area contributed by atoms with E-state index in [1.54, 1.807) is 0 Å². The van der Waals surface area contributed by atoms with Gasteiger partial charge in [-0.15, -0.1) is 0 Å². The fraction of sp³-hybridized carbons (Fsp3) is 0. The molecular weight excluding hydrogens is 729 g/mol. The summed E-state index contributed by atoms with van der Waals surface area (Å²) in [6.45, 7) is 0. The van der Waals surface area contributed by atoms with Gasteiger partial charge in [0.1, 0.15) is 5.69 Å². The summed E-state index contributed by atoms with van der Waals surface area (Å²) in [6.07, 6.45) is 0. The molecule has 4 nitrogen and oxygen atoms in total. The SMILES string of the molecule is c1ccc2c(c1)-c1ccccc1-n1c3cc4c5ccccc5n(-c5nc6c(ccc7ccccc76)nc5-c5ccc6ccc7ccccc7c6c5)c4cc3c3cccc-2c31. The van der Waals surface area contributed by atoms with Gasteiger partial charge in [0.25, 0.3) is 0 Å². The Morgan fingerprint density at radius 3 is 1.77 bits per heavy atom. The molecule has 13 aromatic rings. The van der Waals surface area contributed by atoms with Gasteiger partial charge >= 0.3 is 0 Å². The van der Waals surface area contributed by atoms with E-state index in [1.165, 1.54) is 82.1 Å². The topological polar surface area (TPSA) is 35.6 Å². The van der Waals surface area contributed by atoms with Crippen LogP contribution in [0.15, 0.2) is 194 Å². The average molecular weight is 761 g/mol. The second-order valence-corrected chi connectivity index (χ2v) is 16.1. The average Bonchev–Trinajstić information content (AvgIpc) is 3.77. The number of fused-ring (bicyclic) bond motifs is 17. The zero-order valence-corrected chi connectivity index (χ0v) is 32.3. The molecule has 0 bridgehead atoms. The largest absolute Gasteiger partial charge is 0.308 e. The molecule has 1 aliphatic heterocycles. The van der Waals surface area contributed by atoms with Gasteiger partial charge in [-0.05, 0) is 74.5 Å². The summed E-state index contributed by atoms with van der Waals surface area (Å²) in [5.41, 5.74) is 14.4. The van der Waals surface area contributed by atoms with Crippen molar-refractivity contribution in [1.29, 1.82) is 0 Å². The Morgan fingerprint density at radius 2 is 0.917 bits per heavy atom. The minimum Gasteiger partial charge on any atom is -0.308 e. The van der Waals surface area contributed by atoms with Crippen molar-refractivity contribution < 1.29 is 0 Å². The third-order valence-corrected chi connectivity index (χ3v) is 13.0.